The lowest BCUT2D eigenvalue weighted by Gasteiger charge is -2.14. The van der Waals surface area contributed by atoms with Gasteiger partial charge < -0.3 is 4.55 Å². The number of alkyl halides is 1. The molecule has 1 aliphatic carbocycles. The van der Waals surface area contributed by atoms with E-state index in [1.54, 1.807) is 12.1 Å². The molecule has 2 rings (SSSR count). The normalized spacial score (nSPS) is 18.3. The average Bonchev–Trinajstić information content (AvgIpc) is 3.08. The number of halogens is 1. The van der Waals surface area contributed by atoms with Crippen LogP contribution in [0.4, 0.5) is 5.69 Å². The lowest BCUT2D eigenvalue weighted by atomic mass is 9.96. The molecule has 5 nitrogen and oxygen atoms in total. The molecule has 1 aromatic carbocycles. The first kappa shape index (κ1) is 13.6. The lowest BCUT2D eigenvalue weighted by Crippen LogP contribution is -2.16. The van der Waals surface area contributed by atoms with Crippen LogP contribution in [0.25, 0.3) is 0 Å². The molecule has 1 saturated carbocycles. The number of nitro benzene ring substituents is 1. The molecule has 0 saturated heterocycles. The van der Waals surface area contributed by atoms with E-state index in [-0.39, 0.29) is 16.9 Å². The van der Waals surface area contributed by atoms with E-state index in [1.165, 1.54) is 6.07 Å². The molecule has 1 fully saturated rings. The molecule has 1 atom stereocenters. The van der Waals surface area contributed by atoms with E-state index in [0.29, 0.717) is 10.9 Å². The predicted molar refractivity (Wildman–Crippen MR) is 72.3 cm³/mol. The molecule has 1 N–H and O–H groups in total. The Morgan fingerprint density at radius 1 is 1.50 bits per heavy atom. The molecule has 0 aliphatic heterocycles. The van der Waals surface area contributed by atoms with Crippen molar-refractivity contribution in [1.82, 2.24) is 0 Å². The molecular formula is C11H12BrNO4S. The smallest absolute Gasteiger partial charge is 0.273 e. The average molecular weight is 334 g/mol. The van der Waals surface area contributed by atoms with E-state index in [9.17, 15) is 14.3 Å². The second-order valence-corrected chi connectivity index (χ2v) is 5.97. The number of rotatable bonds is 5. The summed E-state index contributed by atoms with van der Waals surface area (Å²) in [5.74, 6) is 0.201. The van der Waals surface area contributed by atoms with Crippen LogP contribution in [-0.2, 0) is 21.8 Å². The van der Waals surface area contributed by atoms with Gasteiger partial charge in [-0.3, -0.25) is 10.1 Å². The second kappa shape index (κ2) is 5.07. The van der Waals surface area contributed by atoms with Crippen LogP contribution in [0.3, 0.4) is 0 Å². The molecule has 0 heterocycles. The Kier molecular flexibility index (Phi) is 3.84. The van der Waals surface area contributed by atoms with E-state index in [1.807, 2.05) is 0 Å². The third kappa shape index (κ3) is 2.62. The Hall–Kier alpha value is -0.790. The molecule has 1 aliphatic rings. The Balaban J connectivity index is 2.36. The van der Waals surface area contributed by atoms with Crippen LogP contribution in [0.2, 0.25) is 0 Å². The fourth-order valence-corrected chi connectivity index (χ4v) is 3.48. The summed E-state index contributed by atoms with van der Waals surface area (Å²) in [5, 5.41) is 11.2. The molecule has 18 heavy (non-hydrogen) atoms. The minimum Gasteiger partial charge on any atom is -0.306 e. The molecule has 1 aromatic rings. The molecule has 98 valence electrons. The highest BCUT2D eigenvalue weighted by Gasteiger charge is 2.46. The van der Waals surface area contributed by atoms with Crippen molar-refractivity contribution in [3.63, 3.8) is 0 Å². The highest BCUT2D eigenvalue weighted by molar-refractivity contribution is 9.08. The Morgan fingerprint density at radius 2 is 2.17 bits per heavy atom. The standard InChI is InChI=1S/C11H12BrNO4S/c12-6-8-5-9(1-2-10(8)13(14)15)11(3-4-11)7-18(16)17/h1-2,5H,3-4,6-7H2,(H,16,17). The Morgan fingerprint density at radius 3 is 2.61 bits per heavy atom. The number of hydrogen-bond acceptors (Lipinski definition) is 3. The van der Waals surface area contributed by atoms with Crippen LogP contribution in [0.5, 0.6) is 0 Å². The van der Waals surface area contributed by atoms with Crippen molar-refractivity contribution in [1.29, 1.82) is 0 Å². The van der Waals surface area contributed by atoms with Crippen LogP contribution >= 0.6 is 15.9 Å². The van der Waals surface area contributed by atoms with Crippen LogP contribution in [0, 0.1) is 10.1 Å². The monoisotopic (exact) mass is 333 g/mol. The van der Waals surface area contributed by atoms with E-state index in [2.05, 4.69) is 15.9 Å². The summed E-state index contributed by atoms with van der Waals surface area (Å²) < 4.78 is 20.0. The molecule has 7 heteroatoms. The van der Waals surface area contributed by atoms with E-state index < -0.39 is 16.0 Å². The first-order chi connectivity index (χ1) is 8.48. The summed E-state index contributed by atoms with van der Waals surface area (Å²) in [4.78, 5) is 10.4. The van der Waals surface area contributed by atoms with Gasteiger partial charge in [0.15, 0.2) is 11.1 Å². The fourth-order valence-electron chi connectivity index (χ4n) is 2.10. The summed E-state index contributed by atoms with van der Waals surface area (Å²) in [7, 11) is 0. The van der Waals surface area contributed by atoms with Crippen molar-refractivity contribution in [2.45, 2.75) is 23.6 Å². The van der Waals surface area contributed by atoms with Gasteiger partial charge in [-0.15, -0.1) is 0 Å². The van der Waals surface area contributed by atoms with Crippen LogP contribution in [0.15, 0.2) is 18.2 Å². The van der Waals surface area contributed by atoms with Gasteiger partial charge in [-0.05, 0) is 24.5 Å². The minimum atomic E-state index is -1.84. The number of nitro groups is 1. The largest absolute Gasteiger partial charge is 0.306 e. The maximum Gasteiger partial charge on any atom is 0.273 e. The number of benzene rings is 1. The lowest BCUT2D eigenvalue weighted by molar-refractivity contribution is -0.385. The van der Waals surface area contributed by atoms with E-state index >= 15 is 0 Å². The zero-order valence-corrected chi connectivity index (χ0v) is 11.9. The van der Waals surface area contributed by atoms with Crippen molar-refractivity contribution in [3.8, 4) is 0 Å². The Labute approximate surface area is 115 Å². The summed E-state index contributed by atoms with van der Waals surface area (Å²) in [5.41, 5.74) is 1.35. The summed E-state index contributed by atoms with van der Waals surface area (Å²) in [6.07, 6.45) is 1.72. The summed E-state index contributed by atoms with van der Waals surface area (Å²) >= 11 is 1.39. The van der Waals surface area contributed by atoms with E-state index in [4.69, 9.17) is 4.55 Å². The van der Waals surface area contributed by atoms with Gasteiger partial charge in [-0.25, -0.2) is 4.21 Å². The van der Waals surface area contributed by atoms with Gasteiger partial charge in [0.05, 0.1) is 10.7 Å². The van der Waals surface area contributed by atoms with Crippen LogP contribution < -0.4 is 0 Å². The molecule has 0 spiro atoms. The highest BCUT2D eigenvalue weighted by Crippen LogP contribution is 2.49. The SMILES string of the molecule is O=[N+]([O-])c1ccc(C2(CS(=O)O)CC2)cc1CBr. The summed E-state index contributed by atoms with van der Waals surface area (Å²) in [6.45, 7) is 0. The van der Waals surface area contributed by atoms with Gasteiger partial charge in [0, 0.05) is 22.4 Å². The van der Waals surface area contributed by atoms with Gasteiger partial charge in [-0.2, -0.15) is 0 Å². The van der Waals surface area contributed by atoms with Crippen molar-refractivity contribution < 1.29 is 13.7 Å². The maximum absolute atomic E-state index is 11.0. The first-order valence-corrected chi connectivity index (χ1v) is 7.79. The van der Waals surface area contributed by atoms with Crippen molar-refractivity contribution in [2.75, 3.05) is 5.75 Å². The van der Waals surface area contributed by atoms with E-state index in [0.717, 1.165) is 18.4 Å². The first-order valence-electron chi connectivity index (χ1n) is 5.40. The Bertz CT molecular complexity index is 516. The van der Waals surface area contributed by atoms with Gasteiger partial charge in [0.2, 0.25) is 0 Å². The number of nitrogens with zero attached hydrogens (tertiary/aromatic N) is 1. The zero-order chi connectivity index (χ0) is 13.3. The molecule has 0 bridgehead atoms. The van der Waals surface area contributed by atoms with Gasteiger partial charge in [0.1, 0.15) is 0 Å². The van der Waals surface area contributed by atoms with Crippen LogP contribution in [-0.4, -0.2) is 19.4 Å². The molecule has 0 radical (unpaired) electrons. The molecular weight excluding hydrogens is 322 g/mol. The quantitative estimate of drug-likeness (QED) is 0.389. The van der Waals surface area contributed by atoms with Gasteiger partial charge >= 0.3 is 0 Å². The zero-order valence-electron chi connectivity index (χ0n) is 9.47. The van der Waals surface area contributed by atoms with Crippen molar-refractivity contribution >= 4 is 32.7 Å². The predicted octanol–water partition coefficient (Wildman–Crippen LogP) is 2.74. The third-order valence-corrected chi connectivity index (χ3v) is 4.69. The highest BCUT2D eigenvalue weighted by atomic mass is 79.9. The molecule has 0 aromatic heterocycles. The van der Waals surface area contributed by atoms with Gasteiger partial charge in [-0.1, -0.05) is 22.0 Å². The van der Waals surface area contributed by atoms with Crippen molar-refractivity contribution in [3.05, 3.63) is 39.4 Å². The maximum atomic E-state index is 11.0. The molecule has 0 amide bonds. The topological polar surface area (TPSA) is 80.4 Å². The summed E-state index contributed by atoms with van der Waals surface area (Å²) in [6, 6.07) is 4.95. The second-order valence-electron chi connectivity index (χ2n) is 4.48. The minimum absolute atomic E-state index is 0.0801. The number of hydrogen-bond donors (Lipinski definition) is 1. The van der Waals surface area contributed by atoms with Crippen LogP contribution in [0.1, 0.15) is 24.0 Å². The third-order valence-electron chi connectivity index (χ3n) is 3.29. The fraction of sp³-hybridized carbons (Fsp3) is 0.455. The van der Waals surface area contributed by atoms with Gasteiger partial charge in [0.25, 0.3) is 5.69 Å². The molecule has 1 unspecified atom stereocenters. The van der Waals surface area contributed by atoms with Crippen molar-refractivity contribution in [2.24, 2.45) is 0 Å².